The Morgan fingerprint density at radius 2 is 1.74 bits per heavy atom. The number of carbonyl (C=O) groups is 2. The first-order valence-corrected chi connectivity index (χ1v) is 11.1. The van der Waals surface area contributed by atoms with E-state index in [9.17, 15) is 9.59 Å². The Labute approximate surface area is 198 Å². The zero-order valence-electron chi connectivity index (χ0n) is 18.8. The van der Waals surface area contributed by atoms with Gasteiger partial charge in [0.05, 0.1) is 5.69 Å². The summed E-state index contributed by atoms with van der Waals surface area (Å²) in [5.74, 6) is 0.392. The lowest BCUT2D eigenvalue weighted by atomic mass is 10.2. The highest BCUT2D eigenvalue weighted by molar-refractivity contribution is 5.99. The smallest absolute Gasteiger partial charge is 0.328 e. The third-order valence-corrected chi connectivity index (χ3v) is 5.18. The quantitative estimate of drug-likeness (QED) is 0.415. The molecule has 3 heterocycles. The Balaban J connectivity index is 0.000000350. The topological polar surface area (TPSA) is 128 Å². The average Bonchev–Trinajstić information content (AvgIpc) is 2.86. The van der Waals surface area contributed by atoms with E-state index in [1.54, 1.807) is 0 Å². The number of nitrogens with one attached hydrogen (secondary N) is 1. The number of aliphatic imine (C=N–C) groups is 1. The minimum Gasteiger partial charge on any atom is -0.484 e. The summed E-state index contributed by atoms with van der Waals surface area (Å²) in [5, 5.41) is 19.0. The van der Waals surface area contributed by atoms with Crippen LogP contribution < -0.4 is 15.0 Å². The molecule has 10 heteroatoms. The summed E-state index contributed by atoms with van der Waals surface area (Å²) in [6, 6.07) is 14.1. The van der Waals surface area contributed by atoms with Crippen LogP contribution in [-0.4, -0.2) is 83.7 Å². The van der Waals surface area contributed by atoms with E-state index in [-0.39, 0.29) is 0 Å². The van der Waals surface area contributed by atoms with Gasteiger partial charge in [0.25, 0.3) is 0 Å². The second kappa shape index (κ2) is 12.9. The van der Waals surface area contributed by atoms with Crippen molar-refractivity contribution in [1.29, 1.82) is 0 Å². The number of piperazine rings is 1. The molecular weight excluding hydrogens is 438 g/mol. The molecule has 0 saturated carbocycles. The molecule has 180 valence electrons. The van der Waals surface area contributed by atoms with Crippen molar-refractivity contribution < 1.29 is 24.5 Å². The van der Waals surface area contributed by atoms with Crippen molar-refractivity contribution in [3.05, 3.63) is 60.8 Å². The van der Waals surface area contributed by atoms with Gasteiger partial charge in [0, 0.05) is 57.6 Å². The number of carboxylic acid groups (broad SMARTS) is 2. The lowest BCUT2D eigenvalue weighted by Crippen LogP contribution is -2.47. The van der Waals surface area contributed by atoms with Crippen molar-refractivity contribution in [1.82, 2.24) is 9.88 Å². The molecule has 0 spiro atoms. The molecule has 1 aromatic carbocycles. The highest BCUT2D eigenvalue weighted by Gasteiger charge is 2.17. The Bertz CT molecular complexity index is 988. The maximum Gasteiger partial charge on any atom is 0.328 e. The standard InChI is InChI=1S/C20H25N5O.C4H4O4/c1-2-7-18-17(6-1)23-19(16-26-18)21-10-5-11-24-12-14-25(15-13-24)20-8-3-4-9-22-20;5-3(6)1-2-4(7)8/h1-4,6-9H,5,10-16H2,(H,21,23);1-2H,(H,5,6)(H,7,8)/b;2-1+. The number of aromatic nitrogens is 1. The monoisotopic (exact) mass is 467 g/mol. The largest absolute Gasteiger partial charge is 0.484 e. The van der Waals surface area contributed by atoms with Crippen LogP contribution in [0.25, 0.3) is 0 Å². The van der Waals surface area contributed by atoms with Gasteiger partial charge in [0.1, 0.15) is 24.0 Å². The number of rotatable bonds is 7. The van der Waals surface area contributed by atoms with Gasteiger partial charge in [0.2, 0.25) is 0 Å². The molecule has 0 amide bonds. The summed E-state index contributed by atoms with van der Waals surface area (Å²) >= 11 is 0. The zero-order chi connectivity index (χ0) is 24.2. The molecule has 0 atom stereocenters. The predicted molar refractivity (Wildman–Crippen MR) is 130 cm³/mol. The van der Waals surface area contributed by atoms with Crippen molar-refractivity contribution in [3.8, 4) is 5.75 Å². The lowest BCUT2D eigenvalue weighted by Gasteiger charge is -2.35. The maximum atomic E-state index is 9.55. The lowest BCUT2D eigenvalue weighted by molar-refractivity contribution is -0.134. The maximum absolute atomic E-state index is 9.55. The number of nitrogens with zero attached hydrogens (tertiary/aromatic N) is 4. The number of benzene rings is 1. The summed E-state index contributed by atoms with van der Waals surface area (Å²) in [4.78, 5) is 33.1. The van der Waals surface area contributed by atoms with Gasteiger partial charge in [-0.3, -0.25) is 9.89 Å². The van der Waals surface area contributed by atoms with Gasteiger partial charge in [0.15, 0.2) is 0 Å². The van der Waals surface area contributed by atoms with Crippen LogP contribution in [0.4, 0.5) is 11.5 Å². The Kier molecular flexibility index (Phi) is 9.41. The van der Waals surface area contributed by atoms with E-state index in [1.807, 2.05) is 36.5 Å². The number of hydrogen-bond acceptors (Lipinski definition) is 7. The van der Waals surface area contributed by atoms with Gasteiger partial charge in [-0.15, -0.1) is 0 Å². The average molecular weight is 468 g/mol. The summed E-state index contributed by atoms with van der Waals surface area (Å²) in [6.07, 6.45) is 4.05. The number of pyridine rings is 1. The van der Waals surface area contributed by atoms with Crippen LogP contribution >= 0.6 is 0 Å². The van der Waals surface area contributed by atoms with Crippen LogP contribution in [0.2, 0.25) is 0 Å². The first-order chi connectivity index (χ1) is 16.5. The number of aliphatic carboxylic acids is 2. The highest BCUT2D eigenvalue weighted by atomic mass is 16.5. The normalized spacial score (nSPS) is 16.7. The fraction of sp³-hybridized carbons (Fsp3) is 0.333. The predicted octanol–water partition coefficient (Wildman–Crippen LogP) is 2.21. The number of ether oxygens (including phenoxy) is 1. The van der Waals surface area contributed by atoms with Crippen molar-refractivity contribution in [3.63, 3.8) is 0 Å². The number of carboxylic acids is 2. The van der Waals surface area contributed by atoms with Crippen molar-refractivity contribution in [2.45, 2.75) is 6.42 Å². The molecule has 2 aliphatic rings. The molecule has 34 heavy (non-hydrogen) atoms. The summed E-state index contributed by atoms with van der Waals surface area (Å²) in [6.45, 7) is 6.69. The number of para-hydroxylation sites is 2. The molecule has 2 aromatic rings. The van der Waals surface area contributed by atoms with Gasteiger partial charge in [-0.2, -0.15) is 0 Å². The fourth-order valence-corrected chi connectivity index (χ4v) is 3.51. The SMILES string of the molecule is O=C(O)/C=C/C(=O)O.c1ccc(N2CCN(CCCN=C3COc4ccccc4N3)CC2)nc1. The van der Waals surface area contributed by atoms with Crippen LogP contribution in [-0.2, 0) is 9.59 Å². The van der Waals surface area contributed by atoms with Gasteiger partial charge in [-0.05, 0) is 30.7 Å². The second-order valence-corrected chi connectivity index (χ2v) is 7.62. The number of amidine groups is 1. The molecule has 1 saturated heterocycles. The Hall–Kier alpha value is -3.92. The highest BCUT2D eigenvalue weighted by Crippen LogP contribution is 2.26. The van der Waals surface area contributed by atoms with Gasteiger partial charge in [-0.1, -0.05) is 18.2 Å². The summed E-state index contributed by atoms with van der Waals surface area (Å²) < 4.78 is 5.72. The van der Waals surface area contributed by atoms with E-state index in [1.165, 1.54) is 0 Å². The van der Waals surface area contributed by atoms with Crippen LogP contribution in [0.5, 0.6) is 5.75 Å². The molecule has 0 unspecified atom stereocenters. The number of anilines is 2. The third-order valence-electron chi connectivity index (χ3n) is 5.18. The zero-order valence-corrected chi connectivity index (χ0v) is 18.8. The molecule has 1 fully saturated rings. The molecule has 0 radical (unpaired) electrons. The van der Waals surface area contributed by atoms with Crippen LogP contribution in [0.3, 0.4) is 0 Å². The number of fused-ring (bicyclic) bond motifs is 1. The van der Waals surface area contributed by atoms with Gasteiger partial charge < -0.3 is 25.2 Å². The molecule has 0 bridgehead atoms. The molecule has 3 N–H and O–H groups in total. The minimum atomic E-state index is -1.26. The molecule has 1 aromatic heterocycles. The van der Waals surface area contributed by atoms with E-state index in [0.29, 0.717) is 18.8 Å². The van der Waals surface area contributed by atoms with E-state index in [4.69, 9.17) is 14.9 Å². The van der Waals surface area contributed by atoms with Crippen LogP contribution in [0.1, 0.15) is 6.42 Å². The molecule has 0 aliphatic carbocycles. The van der Waals surface area contributed by atoms with Crippen LogP contribution in [0.15, 0.2) is 65.8 Å². The van der Waals surface area contributed by atoms with E-state index in [2.05, 4.69) is 37.2 Å². The molecule has 10 nitrogen and oxygen atoms in total. The van der Waals surface area contributed by atoms with E-state index >= 15 is 0 Å². The van der Waals surface area contributed by atoms with E-state index < -0.39 is 11.9 Å². The number of hydrogen-bond donors (Lipinski definition) is 3. The third kappa shape index (κ3) is 8.21. The first-order valence-electron chi connectivity index (χ1n) is 11.1. The summed E-state index contributed by atoms with van der Waals surface area (Å²) in [5.41, 5.74) is 1.00. The summed E-state index contributed by atoms with van der Waals surface area (Å²) in [7, 11) is 0. The van der Waals surface area contributed by atoms with Gasteiger partial charge >= 0.3 is 11.9 Å². The van der Waals surface area contributed by atoms with Crippen LogP contribution in [0, 0.1) is 0 Å². The molecular formula is C24H29N5O5. The molecule has 2 aliphatic heterocycles. The van der Waals surface area contributed by atoms with E-state index in [0.717, 1.165) is 68.8 Å². The van der Waals surface area contributed by atoms with Gasteiger partial charge in [-0.25, -0.2) is 14.6 Å². The van der Waals surface area contributed by atoms with Crippen molar-refractivity contribution in [2.24, 2.45) is 4.99 Å². The molecule has 4 rings (SSSR count). The fourth-order valence-electron chi connectivity index (χ4n) is 3.51. The minimum absolute atomic E-state index is 0.528. The van der Waals surface area contributed by atoms with Crippen molar-refractivity contribution >= 4 is 29.3 Å². The second-order valence-electron chi connectivity index (χ2n) is 7.62. The van der Waals surface area contributed by atoms with Crippen molar-refractivity contribution in [2.75, 3.05) is 56.1 Å². The Morgan fingerprint density at radius 1 is 1.03 bits per heavy atom. The Morgan fingerprint density at radius 3 is 2.41 bits per heavy atom. The first kappa shape index (κ1) is 24.7.